The Bertz CT molecular complexity index is 1590. The van der Waals surface area contributed by atoms with Gasteiger partial charge in [-0.2, -0.15) is 0 Å². The lowest BCUT2D eigenvalue weighted by Gasteiger charge is -2.40. The number of allylic oxidation sites excluding steroid dienone is 19. The van der Waals surface area contributed by atoms with Crippen LogP contribution in [0, 0.1) is 0 Å². The van der Waals surface area contributed by atoms with Crippen LogP contribution in [0.4, 0.5) is 0 Å². The zero-order valence-corrected chi connectivity index (χ0v) is 47.5. The SMILES string of the molecule is CC/C=C\C/C=C\C/C=C\C/C=C\C/C=C\C/C=C\C/C=C\C/C=C\C/C=C\CCCCCCCCCCCC(=O)NC(COC1OC(CO)C(O)C(O)C1O)C(O)/C=C/CCCCCCCCCCCCCCC. The zero-order chi connectivity index (χ0) is 54.3. The molecule has 0 aliphatic carbocycles. The Balaban J connectivity index is 2.18. The molecule has 7 unspecified atom stereocenters. The summed E-state index contributed by atoms with van der Waals surface area (Å²) in [5, 5.41) is 54.5. The van der Waals surface area contributed by atoms with E-state index in [1.54, 1.807) is 6.08 Å². The third kappa shape index (κ3) is 43.3. The van der Waals surface area contributed by atoms with E-state index in [0.717, 1.165) is 109 Å². The Hall–Kier alpha value is -3.41. The van der Waals surface area contributed by atoms with Gasteiger partial charge in [-0.25, -0.2) is 0 Å². The molecule has 0 aromatic carbocycles. The minimum Gasteiger partial charge on any atom is -0.394 e. The molecule has 6 N–H and O–H groups in total. The molecule has 1 aliphatic heterocycles. The summed E-state index contributed by atoms with van der Waals surface area (Å²) in [7, 11) is 0. The molecule has 9 heteroatoms. The maximum atomic E-state index is 13.1. The Morgan fingerprint density at radius 1 is 0.467 bits per heavy atom. The molecule has 9 nitrogen and oxygen atoms in total. The van der Waals surface area contributed by atoms with Gasteiger partial charge in [-0.05, 0) is 89.9 Å². The summed E-state index contributed by atoms with van der Waals surface area (Å²) in [6, 6.07) is -0.816. The summed E-state index contributed by atoms with van der Waals surface area (Å²) < 4.78 is 11.3. The highest BCUT2D eigenvalue weighted by atomic mass is 16.7. The Morgan fingerprint density at radius 3 is 1.23 bits per heavy atom. The first-order valence-corrected chi connectivity index (χ1v) is 30.3. The van der Waals surface area contributed by atoms with Gasteiger partial charge in [0.1, 0.15) is 24.4 Å². The van der Waals surface area contributed by atoms with Gasteiger partial charge in [-0.3, -0.25) is 4.79 Å². The molecule has 7 atom stereocenters. The second kappa shape index (κ2) is 54.0. The van der Waals surface area contributed by atoms with Gasteiger partial charge in [0.25, 0.3) is 0 Å². The first kappa shape index (κ1) is 69.6. The molecule has 1 saturated heterocycles. The molecule has 428 valence electrons. The van der Waals surface area contributed by atoms with Gasteiger partial charge in [0.15, 0.2) is 6.29 Å². The van der Waals surface area contributed by atoms with Gasteiger partial charge in [0.2, 0.25) is 5.91 Å². The maximum Gasteiger partial charge on any atom is 0.220 e. The van der Waals surface area contributed by atoms with Gasteiger partial charge in [-0.15, -0.1) is 0 Å². The molecule has 1 amide bonds. The van der Waals surface area contributed by atoms with Crippen molar-refractivity contribution in [2.75, 3.05) is 13.2 Å². The van der Waals surface area contributed by atoms with Crippen molar-refractivity contribution in [3.63, 3.8) is 0 Å². The van der Waals surface area contributed by atoms with Gasteiger partial charge < -0.3 is 40.3 Å². The van der Waals surface area contributed by atoms with E-state index in [0.29, 0.717) is 6.42 Å². The highest BCUT2D eigenvalue weighted by Crippen LogP contribution is 2.23. The van der Waals surface area contributed by atoms with Gasteiger partial charge in [0.05, 0.1) is 25.4 Å². The molecule has 1 heterocycles. The van der Waals surface area contributed by atoms with Crippen LogP contribution in [0.1, 0.15) is 232 Å². The van der Waals surface area contributed by atoms with Crippen LogP contribution >= 0.6 is 0 Å². The number of hydrogen-bond donors (Lipinski definition) is 6. The van der Waals surface area contributed by atoms with Crippen molar-refractivity contribution in [2.24, 2.45) is 0 Å². The normalized spacial score (nSPS) is 19.8. The second-order valence-electron chi connectivity index (χ2n) is 20.4. The summed E-state index contributed by atoms with van der Waals surface area (Å²) in [4.78, 5) is 13.1. The summed E-state index contributed by atoms with van der Waals surface area (Å²) in [5.41, 5.74) is 0. The van der Waals surface area contributed by atoms with Crippen LogP contribution in [-0.2, 0) is 14.3 Å². The Morgan fingerprint density at radius 2 is 0.827 bits per heavy atom. The minimum atomic E-state index is -1.57. The number of carbonyl (C=O) groups is 1. The first-order valence-electron chi connectivity index (χ1n) is 30.3. The summed E-state index contributed by atoms with van der Waals surface area (Å²) in [6.07, 6.45) is 74.0. The van der Waals surface area contributed by atoms with E-state index in [4.69, 9.17) is 9.47 Å². The average Bonchev–Trinajstić information content (AvgIpc) is 3.41. The van der Waals surface area contributed by atoms with E-state index in [1.165, 1.54) is 103 Å². The number of rotatable bonds is 50. The third-order valence-electron chi connectivity index (χ3n) is 13.5. The van der Waals surface area contributed by atoms with Crippen LogP contribution in [0.15, 0.2) is 122 Å². The number of hydrogen-bond acceptors (Lipinski definition) is 8. The van der Waals surface area contributed by atoms with Crippen molar-refractivity contribution in [3.8, 4) is 0 Å². The zero-order valence-electron chi connectivity index (χ0n) is 47.5. The highest BCUT2D eigenvalue weighted by Gasteiger charge is 2.44. The lowest BCUT2D eigenvalue weighted by Crippen LogP contribution is -2.60. The summed E-state index contributed by atoms with van der Waals surface area (Å²) >= 11 is 0. The Kier molecular flexibility index (Phi) is 50.1. The molecule has 0 radical (unpaired) electrons. The molecular weight excluding hydrogens is 935 g/mol. The van der Waals surface area contributed by atoms with Crippen LogP contribution in [0.25, 0.3) is 0 Å². The summed E-state index contributed by atoms with van der Waals surface area (Å²) in [6.45, 7) is 3.65. The molecule has 0 bridgehead atoms. The van der Waals surface area contributed by atoms with Gasteiger partial charge in [-0.1, -0.05) is 257 Å². The number of aliphatic hydroxyl groups excluding tert-OH is 5. The molecule has 1 aliphatic rings. The molecule has 1 rings (SSSR count). The quantitative estimate of drug-likeness (QED) is 0.0261. The maximum absolute atomic E-state index is 13.1. The molecule has 0 aromatic rings. The molecule has 0 aromatic heterocycles. The van der Waals surface area contributed by atoms with Crippen molar-refractivity contribution >= 4 is 5.91 Å². The number of unbranched alkanes of at least 4 members (excludes halogenated alkanes) is 22. The molecule has 0 saturated carbocycles. The first-order chi connectivity index (χ1) is 36.8. The van der Waals surface area contributed by atoms with Crippen molar-refractivity contribution in [1.29, 1.82) is 0 Å². The van der Waals surface area contributed by atoms with E-state index in [1.807, 2.05) is 6.08 Å². The topological polar surface area (TPSA) is 149 Å². The van der Waals surface area contributed by atoms with Gasteiger partial charge >= 0.3 is 0 Å². The van der Waals surface area contributed by atoms with Crippen LogP contribution < -0.4 is 5.32 Å². The molecule has 1 fully saturated rings. The predicted molar refractivity (Wildman–Crippen MR) is 317 cm³/mol. The van der Waals surface area contributed by atoms with Gasteiger partial charge in [0, 0.05) is 6.42 Å². The number of aliphatic hydroxyl groups is 5. The predicted octanol–water partition coefficient (Wildman–Crippen LogP) is 15.5. The largest absolute Gasteiger partial charge is 0.394 e. The second-order valence-corrected chi connectivity index (χ2v) is 20.4. The van der Waals surface area contributed by atoms with E-state index in [9.17, 15) is 30.3 Å². The van der Waals surface area contributed by atoms with E-state index in [2.05, 4.69) is 129 Å². The number of ether oxygens (including phenoxy) is 2. The Labute approximate surface area is 458 Å². The van der Waals surface area contributed by atoms with Crippen molar-refractivity contribution < 1.29 is 39.8 Å². The smallest absolute Gasteiger partial charge is 0.220 e. The van der Waals surface area contributed by atoms with Crippen LogP contribution in [0.5, 0.6) is 0 Å². The van der Waals surface area contributed by atoms with E-state index < -0.39 is 49.5 Å². The molecular formula is C66H111NO8. The standard InChI is InChI=1S/C66H111NO8/c1-3-5-7-9-11-13-15-17-19-20-21-22-23-24-25-26-27-28-29-30-31-32-33-34-35-36-37-38-39-40-42-44-46-48-50-52-54-56-62(70)67-59(58-74-66-65(73)64(72)63(71)61(57-68)75-66)60(69)55-53-51-49-47-45-43-41-18-16-14-12-10-8-6-4-2/h5,7,11,13,17,19,21-22,24-25,27-28,30-31,33-34,36-37,53,55,59-61,63-66,68-69,71-73H,3-4,6,8-10,12,14-16,18,20,23,26,29,32,35,38-52,54,56-58H2,1-2H3,(H,67,70)/b7-5-,13-11-,19-17-,22-21-,25-24-,28-27-,31-30-,34-33-,37-36-,55-53+. The molecule has 75 heavy (non-hydrogen) atoms. The number of carbonyl (C=O) groups excluding carboxylic acids is 1. The van der Waals surface area contributed by atoms with E-state index in [-0.39, 0.29) is 12.5 Å². The van der Waals surface area contributed by atoms with E-state index >= 15 is 0 Å². The van der Waals surface area contributed by atoms with Crippen LogP contribution in [0.2, 0.25) is 0 Å². The molecule has 0 spiro atoms. The summed E-state index contributed by atoms with van der Waals surface area (Å²) in [5.74, 6) is -0.188. The van der Waals surface area contributed by atoms with Crippen molar-refractivity contribution in [2.45, 2.75) is 275 Å². The number of nitrogens with one attached hydrogen (secondary N) is 1. The van der Waals surface area contributed by atoms with Crippen molar-refractivity contribution in [1.82, 2.24) is 5.32 Å². The van der Waals surface area contributed by atoms with Crippen molar-refractivity contribution in [3.05, 3.63) is 122 Å². The lowest BCUT2D eigenvalue weighted by molar-refractivity contribution is -0.302. The van der Waals surface area contributed by atoms with Crippen LogP contribution in [-0.4, -0.2) is 87.5 Å². The fourth-order valence-electron chi connectivity index (χ4n) is 8.80. The minimum absolute atomic E-state index is 0.188. The average molecular weight is 1050 g/mol. The number of amides is 1. The fraction of sp³-hybridized carbons (Fsp3) is 0.682. The monoisotopic (exact) mass is 1050 g/mol. The fourth-order valence-corrected chi connectivity index (χ4v) is 8.80. The third-order valence-corrected chi connectivity index (χ3v) is 13.5. The highest BCUT2D eigenvalue weighted by molar-refractivity contribution is 5.76. The lowest BCUT2D eigenvalue weighted by atomic mass is 9.99. The van der Waals surface area contributed by atoms with Crippen LogP contribution in [0.3, 0.4) is 0 Å².